The van der Waals surface area contributed by atoms with Crippen LogP contribution in [0.1, 0.15) is 33.3 Å². The summed E-state index contributed by atoms with van der Waals surface area (Å²) in [6.45, 7) is 10.1. The van der Waals surface area contributed by atoms with Crippen LogP contribution >= 0.6 is 27.7 Å². The van der Waals surface area contributed by atoms with Crippen molar-refractivity contribution < 1.29 is 4.79 Å². The lowest BCUT2D eigenvalue weighted by Gasteiger charge is -2.25. The number of thioether (sulfide) groups is 1. The number of anilines is 1. The van der Waals surface area contributed by atoms with Crippen LogP contribution < -0.4 is 4.90 Å². The van der Waals surface area contributed by atoms with Gasteiger partial charge in [-0.1, -0.05) is 66.2 Å². The second-order valence-corrected chi connectivity index (χ2v) is 11.5. The molecule has 1 fully saturated rings. The normalized spacial score (nSPS) is 19.9. The minimum absolute atomic E-state index is 0.00272. The molecule has 0 aliphatic carbocycles. The number of benzene rings is 3. The molecule has 4 nitrogen and oxygen atoms in total. The van der Waals surface area contributed by atoms with Crippen molar-refractivity contribution in [2.45, 2.75) is 33.1 Å². The van der Waals surface area contributed by atoms with Crippen molar-refractivity contribution in [3.63, 3.8) is 0 Å². The van der Waals surface area contributed by atoms with E-state index in [-0.39, 0.29) is 11.3 Å². The van der Waals surface area contributed by atoms with Gasteiger partial charge < -0.3 is 4.90 Å². The predicted molar refractivity (Wildman–Crippen MR) is 160 cm³/mol. The molecule has 2 aliphatic rings. The van der Waals surface area contributed by atoms with Crippen LogP contribution in [0.4, 0.5) is 11.4 Å². The Morgan fingerprint density at radius 2 is 1.59 bits per heavy atom. The molecule has 188 valence electrons. The molecule has 0 aromatic heterocycles. The molecule has 3 aromatic carbocycles. The van der Waals surface area contributed by atoms with Gasteiger partial charge in [0.1, 0.15) is 0 Å². The Morgan fingerprint density at radius 1 is 0.892 bits per heavy atom. The summed E-state index contributed by atoms with van der Waals surface area (Å²) < 4.78 is 1.00. The van der Waals surface area contributed by atoms with E-state index in [0.717, 1.165) is 16.7 Å². The second-order valence-electron chi connectivity index (χ2n) is 9.57. The summed E-state index contributed by atoms with van der Waals surface area (Å²) in [6.07, 6.45) is 4.10. The van der Waals surface area contributed by atoms with Gasteiger partial charge in [-0.05, 0) is 90.8 Å². The average Bonchev–Trinajstić information content (AvgIpc) is 3.32. The summed E-state index contributed by atoms with van der Waals surface area (Å²) in [6, 6.07) is 25.1. The lowest BCUT2D eigenvalue weighted by atomic mass is 9.82. The fourth-order valence-electron chi connectivity index (χ4n) is 4.99. The molecule has 0 N–H and O–H groups in total. The van der Waals surface area contributed by atoms with Crippen molar-refractivity contribution in [1.29, 1.82) is 0 Å². The molecule has 6 heteroatoms. The summed E-state index contributed by atoms with van der Waals surface area (Å²) in [5.74, 6) is 0.00272. The molecule has 0 spiro atoms. The minimum atomic E-state index is -0.196. The first-order valence-electron chi connectivity index (χ1n) is 12.6. The van der Waals surface area contributed by atoms with E-state index in [9.17, 15) is 4.79 Å². The number of allylic oxidation sites excluding steroid dienone is 3. The molecule has 2 aliphatic heterocycles. The van der Waals surface area contributed by atoms with Crippen LogP contribution in [0.2, 0.25) is 0 Å². The summed E-state index contributed by atoms with van der Waals surface area (Å²) >= 11 is 4.90. The minimum Gasteiger partial charge on any atom is -0.344 e. The van der Waals surface area contributed by atoms with E-state index < -0.39 is 0 Å². The van der Waals surface area contributed by atoms with Gasteiger partial charge in [0, 0.05) is 34.4 Å². The quantitative estimate of drug-likeness (QED) is 0.289. The molecule has 0 bridgehead atoms. The Hall–Kier alpha value is -3.09. The molecule has 0 atom stereocenters. The Morgan fingerprint density at radius 3 is 2.27 bits per heavy atom. The number of hydrogen-bond acceptors (Lipinski definition) is 4. The number of fused-ring (bicyclic) bond motifs is 1. The first-order valence-corrected chi connectivity index (χ1v) is 14.2. The van der Waals surface area contributed by atoms with Crippen molar-refractivity contribution >= 4 is 50.1 Å². The number of nitrogens with zero attached hydrogens (tertiary/aromatic N) is 3. The Kier molecular flexibility index (Phi) is 7.15. The fourth-order valence-corrected chi connectivity index (χ4v) is 6.26. The Bertz CT molecular complexity index is 1420. The van der Waals surface area contributed by atoms with Crippen molar-refractivity contribution in [1.82, 2.24) is 4.90 Å². The largest absolute Gasteiger partial charge is 0.344 e. The summed E-state index contributed by atoms with van der Waals surface area (Å²) in [5.41, 5.74) is 6.80. The molecular weight excluding hydrogens is 542 g/mol. The molecule has 0 unspecified atom stereocenters. The van der Waals surface area contributed by atoms with E-state index in [2.05, 4.69) is 90.1 Å². The van der Waals surface area contributed by atoms with Gasteiger partial charge in [0.2, 0.25) is 0 Å². The molecule has 1 saturated heterocycles. The number of likely N-dealkylation sites (N-methyl/N-ethyl adjacent to an activating group) is 2. The van der Waals surface area contributed by atoms with Crippen LogP contribution in [0.5, 0.6) is 0 Å². The molecule has 0 radical (unpaired) electrons. The predicted octanol–water partition coefficient (Wildman–Crippen LogP) is 8.28. The van der Waals surface area contributed by atoms with Crippen molar-refractivity contribution in [3.05, 3.63) is 106 Å². The highest BCUT2D eigenvalue weighted by molar-refractivity contribution is 9.10. The van der Waals surface area contributed by atoms with Crippen LogP contribution in [0.15, 0.2) is 105 Å². The summed E-state index contributed by atoms with van der Waals surface area (Å²) in [4.78, 5) is 22.8. The Labute approximate surface area is 231 Å². The maximum absolute atomic E-state index is 13.2. The van der Waals surface area contributed by atoms with E-state index in [1.54, 1.807) is 4.90 Å². The number of carbonyl (C=O) groups excluding carboxylic acids is 1. The van der Waals surface area contributed by atoms with Crippen LogP contribution in [0, 0.1) is 0 Å². The van der Waals surface area contributed by atoms with Gasteiger partial charge in [0.25, 0.3) is 5.91 Å². The van der Waals surface area contributed by atoms with E-state index in [1.807, 2.05) is 43.3 Å². The van der Waals surface area contributed by atoms with Gasteiger partial charge in [0.15, 0.2) is 5.17 Å². The van der Waals surface area contributed by atoms with Gasteiger partial charge >= 0.3 is 0 Å². The molecule has 37 heavy (non-hydrogen) atoms. The van der Waals surface area contributed by atoms with E-state index in [4.69, 9.17) is 4.99 Å². The van der Waals surface area contributed by atoms with Crippen molar-refractivity contribution in [2.24, 2.45) is 4.99 Å². The lowest BCUT2D eigenvalue weighted by Crippen LogP contribution is -2.28. The zero-order valence-electron chi connectivity index (χ0n) is 21.5. The summed E-state index contributed by atoms with van der Waals surface area (Å²) in [5, 5.41) is 0.716. The van der Waals surface area contributed by atoms with E-state index in [1.165, 1.54) is 39.8 Å². The fraction of sp³-hybridized carbons (Fsp3) is 0.226. The Balaban J connectivity index is 1.49. The highest BCUT2D eigenvalue weighted by atomic mass is 79.9. The van der Waals surface area contributed by atoms with Crippen LogP contribution in [-0.2, 0) is 10.2 Å². The van der Waals surface area contributed by atoms with Gasteiger partial charge in [-0.3, -0.25) is 9.69 Å². The van der Waals surface area contributed by atoms with Crippen LogP contribution in [-0.4, -0.2) is 29.1 Å². The smallest absolute Gasteiger partial charge is 0.266 e. The first-order chi connectivity index (χ1) is 17.8. The third kappa shape index (κ3) is 4.80. The zero-order valence-corrected chi connectivity index (χ0v) is 23.9. The highest BCUT2D eigenvalue weighted by Gasteiger charge is 2.40. The van der Waals surface area contributed by atoms with Crippen molar-refractivity contribution in [3.8, 4) is 11.1 Å². The van der Waals surface area contributed by atoms with E-state index >= 15 is 0 Å². The third-order valence-corrected chi connectivity index (χ3v) is 8.52. The lowest BCUT2D eigenvalue weighted by molar-refractivity contribution is -0.122. The SMILES string of the molecule is CCN1C(=O)/C(=C/C=C2\N(CC)c3ccc(-c4ccccc4)cc3C2(C)C)SC1=Nc1ccc(Br)cc1. The standard InChI is InChI=1S/C31H30BrN3OS/c1-5-34-26-17-12-22(21-10-8-7-9-11-21)20-25(26)31(3,4)28(34)19-18-27-29(36)35(6-2)30(37-27)33-24-15-13-23(32)14-16-24/h7-20H,5-6H2,1-4H3/b27-18-,28-19-,33-30?. The van der Waals surface area contributed by atoms with Crippen LogP contribution in [0.25, 0.3) is 11.1 Å². The second kappa shape index (κ2) is 10.3. The average molecular weight is 573 g/mol. The third-order valence-electron chi connectivity index (χ3n) is 6.96. The number of amides is 1. The number of hydrogen-bond donors (Lipinski definition) is 0. The molecular formula is C31H30BrN3OS. The first kappa shape index (κ1) is 25.6. The molecule has 1 amide bonds. The topological polar surface area (TPSA) is 35.9 Å². The monoisotopic (exact) mass is 571 g/mol. The number of carbonyl (C=O) groups is 1. The maximum Gasteiger partial charge on any atom is 0.266 e. The maximum atomic E-state index is 13.2. The number of amidine groups is 1. The highest BCUT2D eigenvalue weighted by Crippen LogP contribution is 2.49. The van der Waals surface area contributed by atoms with Gasteiger partial charge in [-0.2, -0.15) is 0 Å². The molecule has 5 rings (SSSR count). The molecule has 0 saturated carbocycles. The van der Waals surface area contributed by atoms with Crippen molar-refractivity contribution in [2.75, 3.05) is 18.0 Å². The number of halogens is 1. The number of rotatable bonds is 5. The molecule has 3 aromatic rings. The van der Waals surface area contributed by atoms with Gasteiger partial charge in [-0.15, -0.1) is 0 Å². The van der Waals surface area contributed by atoms with E-state index in [0.29, 0.717) is 16.6 Å². The van der Waals surface area contributed by atoms with Gasteiger partial charge in [0.05, 0.1) is 10.6 Å². The van der Waals surface area contributed by atoms with Crippen LogP contribution in [0.3, 0.4) is 0 Å². The summed E-state index contributed by atoms with van der Waals surface area (Å²) in [7, 11) is 0. The molecule has 2 heterocycles. The number of aliphatic imine (C=N–C) groups is 1. The zero-order chi connectivity index (χ0) is 26.2. The van der Waals surface area contributed by atoms with Gasteiger partial charge in [-0.25, -0.2) is 4.99 Å².